The van der Waals surface area contributed by atoms with Crippen molar-refractivity contribution < 1.29 is 15.0 Å². The number of piperidine rings is 1. The lowest BCUT2D eigenvalue weighted by Gasteiger charge is -2.66. The zero-order valence-corrected chi connectivity index (χ0v) is 15.8. The maximum atomic E-state index is 12.2. The molecule has 0 aromatic heterocycles. The van der Waals surface area contributed by atoms with Gasteiger partial charge in [-0.05, 0) is 68.6 Å². The first kappa shape index (κ1) is 16.1. The van der Waals surface area contributed by atoms with Crippen LogP contribution in [0.2, 0.25) is 0 Å². The summed E-state index contributed by atoms with van der Waals surface area (Å²) >= 11 is 0. The van der Waals surface area contributed by atoms with E-state index in [-0.39, 0.29) is 29.3 Å². The van der Waals surface area contributed by atoms with Crippen molar-refractivity contribution in [1.29, 1.82) is 0 Å². The van der Waals surface area contributed by atoms with Crippen LogP contribution in [0.1, 0.15) is 51.9 Å². The summed E-state index contributed by atoms with van der Waals surface area (Å²) in [6.07, 6.45) is 7.67. The summed E-state index contributed by atoms with van der Waals surface area (Å²) in [6.45, 7) is 4.99. The van der Waals surface area contributed by atoms with Crippen molar-refractivity contribution >= 4 is 5.97 Å². The first-order valence-electron chi connectivity index (χ1n) is 10.8. The van der Waals surface area contributed by atoms with Gasteiger partial charge in [0.15, 0.2) is 0 Å². The van der Waals surface area contributed by atoms with Crippen LogP contribution >= 0.6 is 0 Å². The minimum absolute atomic E-state index is 0.0472. The van der Waals surface area contributed by atoms with Crippen LogP contribution in [0.3, 0.4) is 0 Å². The van der Waals surface area contributed by atoms with Gasteiger partial charge in [-0.3, -0.25) is 9.69 Å². The highest BCUT2D eigenvalue weighted by atomic mass is 16.4. The number of carboxylic acids is 1. The Hall–Kier alpha value is -0.870. The maximum Gasteiger partial charge on any atom is 0.307 e. The molecule has 0 aromatic carbocycles. The van der Waals surface area contributed by atoms with Crippen LogP contribution < -0.4 is 0 Å². The predicted octanol–water partition coefficient (Wildman–Crippen LogP) is 2.92. The molecule has 2 heterocycles. The van der Waals surface area contributed by atoms with E-state index in [0.717, 1.165) is 38.6 Å². The van der Waals surface area contributed by atoms with Gasteiger partial charge in [0.05, 0.1) is 5.92 Å². The molecule has 2 saturated carbocycles. The molecule has 0 radical (unpaired) electrons. The Labute approximate surface area is 155 Å². The van der Waals surface area contributed by atoms with Gasteiger partial charge >= 0.3 is 5.97 Å². The van der Waals surface area contributed by atoms with Gasteiger partial charge in [-0.2, -0.15) is 0 Å². The zero-order valence-electron chi connectivity index (χ0n) is 15.8. The first-order chi connectivity index (χ1) is 12.5. The van der Waals surface area contributed by atoms with E-state index in [2.05, 4.69) is 11.8 Å². The zero-order chi connectivity index (χ0) is 17.8. The summed E-state index contributed by atoms with van der Waals surface area (Å²) < 4.78 is 0. The molecule has 2 N–H and O–H groups in total. The molecular weight excluding hydrogens is 326 g/mol. The summed E-state index contributed by atoms with van der Waals surface area (Å²) in [4.78, 5) is 15.0. The van der Waals surface area contributed by atoms with Crippen molar-refractivity contribution in [3.63, 3.8) is 0 Å². The van der Waals surface area contributed by atoms with Crippen LogP contribution in [0.25, 0.3) is 0 Å². The van der Waals surface area contributed by atoms with Gasteiger partial charge in [0.25, 0.3) is 0 Å². The SMILES string of the molecule is C[C@@H]1CN2C[C@H]3CCC4=C5[C@H](CC4)[C@H](C(=O)O)CC54[C@@H]2[C@@H]1CC[C@@]34CO. The highest BCUT2D eigenvalue weighted by Crippen LogP contribution is 2.76. The second-order valence-electron chi connectivity index (χ2n) is 10.4. The van der Waals surface area contributed by atoms with E-state index in [0.29, 0.717) is 23.8 Å². The molecule has 1 spiro atoms. The number of carboxylic acid groups (broad SMARTS) is 1. The number of hydrogen-bond donors (Lipinski definition) is 2. The van der Waals surface area contributed by atoms with E-state index in [4.69, 9.17) is 0 Å². The smallest absolute Gasteiger partial charge is 0.307 e. The van der Waals surface area contributed by atoms with E-state index in [1.54, 1.807) is 11.1 Å². The second-order valence-corrected chi connectivity index (χ2v) is 10.4. The Bertz CT molecular complexity index is 716. The Kier molecular flexibility index (Phi) is 3.06. The average molecular weight is 357 g/mol. The third-order valence-electron chi connectivity index (χ3n) is 10.0. The molecule has 4 heteroatoms. The summed E-state index contributed by atoms with van der Waals surface area (Å²) in [5.41, 5.74) is 3.07. The van der Waals surface area contributed by atoms with E-state index < -0.39 is 5.97 Å². The van der Waals surface area contributed by atoms with E-state index in [1.807, 2.05) is 0 Å². The van der Waals surface area contributed by atoms with Gasteiger partial charge in [0, 0.05) is 36.6 Å². The molecule has 26 heavy (non-hydrogen) atoms. The number of rotatable bonds is 2. The van der Waals surface area contributed by atoms with Gasteiger partial charge in [0.2, 0.25) is 0 Å². The van der Waals surface area contributed by atoms with E-state index in [1.165, 1.54) is 19.4 Å². The highest BCUT2D eigenvalue weighted by Gasteiger charge is 2.75. The highest BCUT2D eigenvalue weighted by molar-refractivity contribution is 5.73. The lowest BCUT2D eigenvalue weighted by atomic mass is 9.43. The quantitative estimate of drug-likeness (QED) is 0.746. The monoisotopic (exact) mass is 357 g/mol. The first-order valence-corrected chi connectivity index (χ1v) is 10.8. The molecule has 4 aliphatic carbocycles. The molecule has 1 unspecified atom stereocenters. The Balaban J connectivity index is 1.64. The minimum atomic E-state index is -0.588. The molecule has 4 fully saturated rings. The summed E-state index contributed by atoms with van der Waals surface area (Å²) in [7, 11) is 0. The fourth-order valence-electron chi connectivity index (χ4n) is 9.33. The molecular formula is C22H31NO3. The number of hydrogen-bond acceptors (Lipinski definition) is 3. The predicted molar refractivity (Wildman–Crippen MR) is 97.4 cm³/mol. The largest absolute Gasteiger partial charge is 0.481 e. The number of nitrogens with zero attached hydrogens (tertiary/aromatic N) is 1. The van der Waals surface area contributed by atoms with Crippen LogP contribution in [-0.2, 0) is 4.79 Å². The van der Waals surface area contributed by atoms with Gasteiger partial charge in [0.1, 0.15) is 0 Å². The van der Waals surface area contributed by atoms with Crippen LogP contribution in [0.15, 0.2) is 11.1 Å². The molecule has 6 aliphatic rings. The molecule has 6 rings (SSSR count). The van der Waals surface area contributed by atoms with E-state index >= 15 is 0 Å². The molecule has 8 atom stereocenters. The number of allylic oxidation sites excluding steroid dienone is 1. The van der Waals surface area contributed by atoms with Gasteiger partial charge in [-0.15, -0.1) is 0 Å². The number of carbonyl (C=O) groups is 1. The van der Waals surface area contributed by atoms with Gasteiger partial charge < -0.3 is 10.2 Å². The van der Waals surface area contributed by atoms with Crippen LogP contribution in [0.5, 0.6) is 0 Å². The Morgan fingerprint density at radius 1 is 1.23 bits per heavy atom. The lowest BCUT2D eigenvalue weighted by molar-refractivity contribution is -0.173. The molecule has 2 aliphatic heterocycles. The lowest BCUT2D eigenvalue weighted by Crippen LogP contribution is -2.68. The van der Waals surface area contributed by atoms with Gasteiger partial charge in [-0.25, -0.2) is 0 Å². The third-order valence-corrected chi connectivity index (χ3v) is 10.0. The fraction of sp³-hybridized carbons (Fsp3) is 0.864. The number of aliphatic hydroxyl groups is 1. The van der Waals surface area contributed by atoms with Crippen molar-refractivity contribution in [1.82, 2.24) is 4.90 Å². The summed E-state index contributed by atoms with van der Waals surface area (Å²) in [5, 5.41) is 20.9. The Morgan fingerprint density at radius 2 is 2.04 bits per heavy atom. The van der Waals surface area contributed by atoms with Crippen LogP contribution in [0, 0.1) is 40.4 Å². The molecule has 4 nitrogen and oxygen atoms in total. The molecule has 0 amide bonds. The minimum Gasteiger partial charge on any atom is -0.481 e. The maximum absolute atomic E-state index is 12.2. The normalized spacial score (nSPS) is 54.4. The second kappa shape index (κ2) is 4.94. The fourth-order valence-corrected chi connectivity index (χ4v) is 9.33. The van der Waals surface area contributed by atoms with Crippen molar-refractivity contribution in [3.8, 4) is 0 Å². The van der Waals surface area contributed by atoms with Crippen LogP contribution in [0.4, 0.5) is 0 Å². The van der Waals surface area contributed by atoms with Crippen molar-refractivity contribution in [3.05, 3.63) is 11.1 Å². The average Bonchev–Trinajstić information content (AvgIpc) is 3.25. The van der Waals surface area contributed by atoms with Gasteiger partial charge in [-0.1, -0.05) is 18.1 Å². The molecule has 142 valence electrons. The standard InChI is InChI=1S/C22H31NO3/c1-12-9-23-10-14-4-2-13-3-5-16-17(20(25)26)8-22(18(13)16)19(23)15(12)6-7-21(14,22)11-24/h12,14-17,19,24H,2-11H2,1H3,(H,25,26)/t12-,14-,15-,16-,17-,19+,21-,22?/m1/s1. The van der Waals surface area contributed by atoms with Crippen molar-refractivity contribution in [2.24, 2.45) is 40.4 Å². The molecule has 0 aromatic rings. The van der Waals surface area contributed by atoms with Crippen LogP contribution in [-0.4, -0.2) is 46.8 Å². The topological polar surface area (TPSA) is 60.8 Å². The number of aliphatic carboxylic acids is 1. The Morgan fingerprint density at radius 3 is 2.81 bits per heavy atom. The summed E-state index contributed by atoms with van der Waals surface area (Å²) in [5.74, 6) is 1.38. The molecule has 2 saturated heterocycles. The van der Waals surface area contributed by atoms with E-state index in [9.17, 15) is 15.0 Å². The molecule has 4 bridgehead atoms. The van der Waals surface area contributed by atoms with Crippen molar-refractivity contribution in [2.45, 2.75) is 57.9 Å². The third kappa shape index (κ3) is 1.53. The number of aliphatic hydroxyl groups excluding tert-OH is 1. The van der Waals surface area contributed by atoms with Crippen molar-refractivity contribution in [2.75, 3.05) is 19.7 Å². The summed E-state index contributed by atoms with van der Waals surface area (Å²) in [6, 6.07) is 0.489.